The predicted molar refractivity (Wildman–Crippen MR) is 90.4 cm³/mol. The first-order valence-electron chi connectivity index (χ1n) is 7.59. The Bertz CT molecular complexity index is 945. The van der Waals surface area contributed by atoms with Crippen molar-refractivity contribution in [2.75, 3.05) is 5.73 Å². The number of rotatable bonds is 1. The number of nitrogens with two attached hydrogens (primary N) is 1. The van der Waals surface area contributed by atoms with Gasteiger partial charge >= 0.3 is 0 Å². The molecule has 0 saturated heterocycles. The normalized spacial score (nSPS) is 13.8. The Hall–Kier alpha value is -2.83. The molecule has 0 spiro atoms. The maximum absolute atomic E-state index is 6.21. The Morgan fingerprint density at radius 1 is 1.35 bits per heavy atom. The average molecular weight is 309 g/mol. The van der Waals surface area contributed by atoms with E-state index in [1.165, 1.54) is 6.33 Å². The van der Waals surface area contributed by atoms with E-state index in [1.807, 2.05) is 17.9 Å². The molecule has 0 saturated carbocycles. The Kier molecular flexibility index (Phi) is 2.75. The summed E-state index contributed by atoms with van der Waals surface area (Å²) in [5, 5.41) is 8.69. The number of nitrogens with zero attached hydrogens (tertiary/aromatic N) is 5. The molecular formula is C16H19N7. The van der Waals surface area contributed by atoms with Gasteiger partial charge in [-0.25, -0.2) is 9.97 Å². The summed E-state index contributed by atoms with van der Waals surface area (Å²) in [6.07, 6.45) is 3.38. The van der Waals surface area contributed by atoms with E-state index >= 15 is 0 Å². The first-order valence-corrected chi connectivity index (χ1v) is 7.59. The standard InChI is InChI=1S/C16H19N7/c1-8(2)23-11-6-18-9(3)14-10(5-21-22(14)4)12(11)13-15(17)19-7-20-16(13)23/h5,7-8,18H,3,6H2,1-2,4H3,(H2,17,19,20). The summed E-state index contributed by atoms with van der Waals surface area (Å²) in [5.74, 6) is 0.493. The lowest BCUT2D eigenvalue weighted by atomic mass is 10.0. The number of hydrogen-bond acceptors (Lipinski definition) is 5. The van der Waals surface area contributed by atoms with Gasteiger partial charge in [0.25, 0.3) is 0 Å². The fraction of sp³-hybridized carbons (Fsp3) is 0.312. The van der Waals surface area contributed by atoms with E-state index in [9.17, 15) is 0 Å². The fourth-order valence-electron chi connectivity index (χ4n) is 3.48. The highest BCUT2D eigenvalue weighted by Gasteiger charge is 2.29. The number of anilines is 1. The largest absolute Gasteiger partial charge is 0.383 e. The van der Waals surface area contributed by atoms with Gasteiger partial charge in [-0.3, -0.25) is 4.68 Å². The van der Waals surface area contributed by atoms with E-state index in [0.29, 0.717) is 12.4 Å². The van der Waals surface area contributed by atoms with Crippen molar-refractivity contribution in [3.8, 4) is 11.1 Å². The molecular weight excluding hydrogens is 290 g/mol. The molecule has 7 nitrogen and oxygen atoms in total. The van der Waals surface area contributed by atoms with Gasteiger partial charge in [0.15, 0.2) is 0 Å². The van der Waals surface area contributed by atoms with E-state index in [2.05, 4.69) is 45.4 Å². The number of hydrogen-bond donors (Lipinski definition) is 2. The molecule has 0 radical (unpaired) electrons. The van der Waals surface area contributed by atoms with Gasteiger partial charge in [-0.1, -0.05) is 6.58 Å². The van der Waals surface area contributed by atoms with Gasteiger partial charge in [0.05, 0.1) is 29.5 Å². The molecule has 0 atom stereocenters. The molecule has 23 heavy (non-hydrogen) atoms. The van der Waals surface area contributed by atoms with Crippen LogP contribution in [0.1, 0.15) is 31.3 Å². The molecule has 4 heterocycles. The van der Waals surface area contributed by atoms with Crippen LogP contribution < -0.4 is 11.1 Å². The molecule has 3 aromatic heterocycles. The maximum atomic E-state index is 6.21. The molecule has 7 heteroatoms. The van der Waals surface area contributed by atoms with Gasteiger partial charge in [-0.2, -0.15) is 5.10 Å². The monoisotopic (exact) mass is 309 g/mol. The number of nitrogen functional groups attached to an aromatic ring is 1. The van der Waals surface area contributed by atoms with Crippen molar-refractivity contribution in [2.24, 2.45) is 7.05 Å². The molecule has 4 rings (SSSR count). The fourth-order valence-corrected chi connectivity index (χ4v) is 3.48. The minimum Gasteiger partial charge on any atom is -0.383 e. The third-order valence-corrected chi connectivity index (χ3v) is 4.39. The number of aromatic nitrogens is 5. The van der Waals surface area contributed by atoms with Crippen molar-refractivity contribution >= 4 is 22.5 Å². The SMILES string of the molecule is C=C1NCc2c(c3c(N)ncnc3n2C(C)C)-c2cnn(C)c21. The van der Waals surface area contributed by atoms with Crippen LogP contribution in [0, 0.1) is 0 Å². The topological polar surface area (TPSA) is 86.6 Å². The summed E-state index contributed by atoms with van der Waals surface area (Å²) in [6.45, 7) is 9.09. The van der Waals surface area contributed by atoms with E-state index in [-0.39, 0.29) is 6.04 Å². The third-order valence-electron chi connectivity index (χ3n) is 4.39. The predicted octanol–water partition coefficient (Wildman–Crippen LogP) is 2.07. The highest BCUT2D eigenvalue weighted by atomic mass is 15.3. The second-order valence-corrected chi connectivity index (χ2v) is 6.11. The van der Waals surface area contributed by atoms with Gasteiger partial charge in [0.1, 0.15) is 17.8 Å². The number of aryl methyl sites for hydroxylation is 1. The zero-order chi connectivity index (χ0) is 16.3. The van der Waals surface area contributed by atoms with Crippen LogP contribution in [0.2, 0.25) is 0 Å². The molecule has 3 N–H and O–H groups in total. The lowest BCUT2D eigenvalue weighted by Gasteiger charge is -2.15. The van der Waals surface area contributed by atoms with Crippen molar-refractivity contribution < 1.29 is 0 Å². The molecule has 3 aromatic rings. The van der Waals surface area contributed by atoms with Gasteiger partial charge < -0.3 is 15.6 Å². The summed E-state index contributed by atoms with van der Waals surface area (Å²) >= 11 is 0. The molecule has 1 aliphatic heterocycles. The zero-order valence-corrected chi connectivity index (χ0v) is 13.5. The van der Waals surface area contributed by atoms with Crippen molar-refractivity contribution in [3.05, 3.63) is 30.5 Å². The second kappa shape index (κ2) is 4.58. The Morgan fingerprint density at radius 3 is 2.87 bits per heavy atom. The van der Waals surface area contributed by atoms with E-state index in [1.54, 1.807) is 0 Å². The average Bonchev–Trinajstić information content (AvgIpc) is 2.99. The molecule has 118 valence electrons. The van der Waals surface area contributed by atoms with Crippen molar-refractivity contribution in [2.45, 2.75) is 26.4 Å². The molecule has 0 aromatic carbocycles. The van der Waals surface area contributed by atoms with Gasteiger partial charge in [0.2, 0.25) is 0 Å². The molecule has 1 aliphatic rings. The quantitative estimate of drug-likeness (QED) is 0.718. The summed E-state index contributed by atoms with van der Waals surface area (Å²) < 4.78 is 4.05. The van der Waals surface area contributed by atoms with Crippen LogP contribution in [0.25, 0.3) is 27.9 Å². The van der Waals surface area contributed by atoms with Gasteiger partial charge in [0, 0.05) is 29.9 Å². The molecule has 0 bridgehead atoms. The van der Waals surface area contributed by atoms with E-state index in [0.717, 1.165) is 39.2 Å². The summed E-state index contributed by atoms with van der Waals surface area (Å²) in [4.78, 5) is 8.69. The van der Waals surface area contributed by atoms with Crippen LogP contribution >= 0.6 is 0 Å². The van der Waals surface area contributed by atoms with Gasteiger partial charge in [-0.15, -0.1) is 0 Å². The third kappa shape index (κ3) is 1.73. The minimum atomic E-state index is 0.254. The van der Waals surface area contributed by atoms with Crippen molar-refractivity contribution in [3.63, 3.8) is 0 Å². The van der Waals surface area contributed by atoms with Crippen molar-refractivity contribution in [1.82, 2.24) is 29.6 Å². The van der Waals surface area contributed by atoms with Crippen LogP contribution in [0.3, 0.4) is 0 Å². The lowest BCUT2D eigenvalue weighted by Crippen LogP contribution is -2.16. The van der Waals surface area contributed by atoms with Crippen LogP contribution in [-0.2, 0) is 13.6 Å². The Balaban J connectivity index is 2.21. The molecule has 0 aliphatic carbocycles. The Labute approximate surface area is 133 Å². The maximum Gasteiger partial charge on any atom is 0.146 e. The van der Waals surface area contributed by atoms with Gasteiger partial charge in [-0.05, 0) is 13.8 Å². The Morgan fingerprint density at radius 2 is 2.13 bits per heavy atom. The van der Waals surface area contributed by atoms with Crippen LogP contribution in [0.5, 0.6) is 0 Å². The molecule has 0 fully saturated rings. The first-order chi connectivity index (χ1) is 11.0. The first kappa shape index (κ1) is 13.8. The number of nitrogens with one attached hydrogen (secondary N) is 1. The smallest absolute Gasteiger partial charge is 0.146 e. The van der Waals surface area contributed by atoms with E-state index in [4.69, 9.17) is 5.73 Å². The van der Waals surface area contributed by atoms with Crippen LogP contribution in [0.15, 0.2) is 19.1 Å². The highest BCUT2D eigenvalue weighted by molar-refractivity contribution is 6.04. The number of fused-ring (bicyclic) bond motifs is 5. The molecule has 0 amide bonds. The molecule has 0 unspecified atom stereocenters. The summed E-state index contributed by atoms with van der Waals surface area (Å²) in [6, 6.07) is 0.254. The van der Waals surface area contributed by atoms with E-state index < -0.39 is 0 Å². The summed E-state index contributed by atoms with van der Waals surface area (Å²) in [7, 11) is 1.91. The minimum absolute atomic E-state index is 0.254. The second-order valence-electron chi connectivity index (χ2n) is 6.11. The zero-order valence-electron chi connectivity index (χ0n) is 13.5. The highest BCUT2D eigenvalue weighted by Crippen LogP contribution is 2.42. The van der Waals surface area contributed by atoms with Crippen LogP contribution in [0.4, 0.5) is 5.82 Å². The van der Waals surface area contributed by atoms with Crippen molar-refractivity contribution in [1.29, 1.82) is 0 Å². The summed E-state index contributed by atoms with van der Waals surface area (Å²) in [5.41, 5.74) is 12.1. The lowest BCUT2D eigenvalue weighted by molar-refractivity contribution is 0.584. The van der Waals surface area contributed by atoms with Crippen LogP contribution in [-0.4, -0.2) is 24.3 Å².